The van der Waals surface area contributed by atoms with Gasteiger partial charge in [-0.15, -0.1) is 0 Å². The molecule has 36 heavy (non-hydrogen) atoms. The molecule has 5 rings (SSSR count). The second kappa shape index (κ2) is 10.1. The fraction of sp³-hybridized carbons (Fsp3) is 0.250. The van der Waals surface area contributed by atoms with Crippen molar-refractivity contribution in [2.75, 3.05) is 27.5 Å². The fourth-order valence-electron chi connectivity index (χ4n) is 4.52. The minimum Gasteiger partial charge on any atom is -0.493 e. The Morgan fingerprint density at radius 1 is 1.06 bits per heavy atom. The van der Waals surface area contributed by atoms with Crippen molar-refractivity contribution in [2.24, 2.45) is 0 Å². The molecule has 6 nitrogen and oxygen atoms in total. The zero-order chi connectivity index (χ0) is 25.4. The average Bonchev–Trinajstić information content (AvgIpc) is 3.20. The van der Waals surface area contributed by atoms with E-state index in [1.165, 1.54) is 0 Å². The third-order valence-electron chi connectivity index (χ3n) is 6.41. The number of ketones is 1. The van der Waals surface area contributed by atoms with Crippen LogP contribution in [-0.4, -0.2) is 38.2 Å². The Bertz CT molecular complexity index is 1380. The van der Waals surface area contributed by atoms with Crippen LogP contribution >= 0.6 is 23.2 Å². The molecule has 0 radical (unpaired) electrons. The maximum atomic E-state index is 13.3. The van der Waals surface area contributed by atoms with Gasteiger partial charge in [-0.05, 0) is 66.4 Å². The van der Waals surface area contributed by atoms with Crippen molar-refractivity contribution in [3.63, 3.8) is 0 Å². The third-order valence-corrected chi connectivity index (χ3v) is 6.99. The molecule has 0 saturated heterocycles. The van der Waals surface area contributed by atoms with Gasteiger partial charge in [-0.25, -0.2) is 0 Å². The van der Waals surface area contributed by atoms with Crippen molar-refractivity contribution >= 4 is 35.1 Å². The molecule has 3 aromatic carbocycles. The Balaban J connectivity index is 1.39. The van der Waals surface area contributed by atoms with Crippen LogP contribution in [0.1, 0.15) is 32.6 Å². The topological polar surface area (TPSA) is 57.2 Å². The van der Waals surface area contributed by atoms with Crippen LogP contribution in [0.4, 0.5) is 0 Å². The molecule has 8 heteroatoms. The van der Waals surface area contributed by atoms with Crippen molar-refractivity contribution in [1.82, 2.24) is 4.90 Å². The Morgan fingerprint density at radius 3 is 2.61 bits per heavy atom. The SMILES string of the molecule is COc1ccc(/C=C2/Oc3c4c(cc(C)c3C2=O)OCN(CCc2ccc(Cl)cc2Cl)C4)cc1OC. The number of fused-ring (bicyclic) bond motifs is 3. The highest BCUT2D eigenvalue weighted by atomic mass is 35.5. The van der Waals surface area contributed by atoms with Gasteiger partial charge in [0.2, 0.25) is 5.78 Å². The summed E-state index contributed by atoms with van der Waals surface area (Å²) in [6, 6.07) is 12.9. The van der Waals surface area contributed by atoms with E-state index < -0.39 is 0 Å². The number of carbonyl (C=O) groups is 1. The first kappa shape index (κ1) is 24.5. The second-order valence-corrected chi connectivity index (χ2v) is 9.58. The lowest BCUT2D eigenvalue weighted by Gasteiger charge is -2.30. The molecule has 0 fully saturated rings. The Kier molecular flexibility index (Phi) is 6.84. The Morgan fingerprint density at radius 2 is 1.86 bits per heavy atom. The van der Waals surface area contributed by atoms with Gasteiger partial charge in [-0.3, -0.25) is 9.69 Å². The van der Waals surface area contributed by atoms with Crippen LogP contribution in [0.15, 0.2) is 48.2 Å². The molecule has 2 aliphatic rings. The standard InChI is InChI=1S/C28H25Cl2NO5/c1-16-10-23-20(14-31(15-35-23)9-8-18-5-6-19(29)13-21(18)30)28-26(16)27(32)25(36-28)12-17-4-7-22(33-2)24(11-17)34-3/h4-7,10-13H,8-9,14-15H2,1-3H3/b25-12+. The summed E-state index contributed by atoms with van der Waals surface area (Å²) in [6.07, 6.45) is 2.47. The summed E-state index contributed by atoms with van der Waals surface area (Å²) >= 11 is 12.4. The minimum atomic E-state index is -0.148. The highest BCUT2D eigenvalue weighted by Crippen LogP contribution is 2.44. The lowest BCUT2D eigenvalue weighted by atomic mass is 9.98. The summed E-state index contributed by atoms with van der Waals surface area (Å²) in [7, 11) is 3.15. The number of nitrogens with zero attached hydrogens (tertiary/aromatic N) is 1. The Hall–Kier alpha value is -3.19. The molecule has 2 aliphatic heterocycles. The molecule has 0 aromatic heterocycles. The van der Waals surface area contributed by atoms with Gasteiger partial charge in [0.25, 0.3) is 0 Å². The van der Waals surface area contributed by atoms with E-state index in [0.717, 1.165) is 41.0 Å². The van der Waals surface area contributed by atoms with Crippen LogP contribution in [0.3, 0.4) is 0 Å². The number of ether oxygens (including phenoxy) is 4. The third kappa shape index (κ3) is 4.64. The van der Waals surface area contributed by atoms with Crippen molar-refractivity contribution in [3.8, 4) is 23.0 Å². The normalized spacial score (nSPS) is 15.8. The molecule has 186 valence electrons. The summed E-state index contributed by atoms with van der Waals surface area (Å²) in [5.41, 5.74) is 4.06. The van der Waals surface area contributed by atoms with Gasteiger partial charge in [0.15, 0.2) is 17.3 Å². The lowest BCUT2D eigenvalue weighted by molar-refractivity contribution is 0.0949. The molecular weight excluding hydrogens is 501 g/mol. The van der Waals surface area contributed by atoms with E-state index in [-0.39, 0.29) is 11.5 Å². The molecular formula is C28H25Cl2NO5. The molecule has 0 saturated carbocycles. The highest BCUT2D eigenvalue weighted by Gasteiger charge is 2.35. The van der Waals surface area contributed by atoms with E-state index in [1.54, 1.807) is 38.5 Å². The lowest BCUT2D eigenvalue weighted by Crippen LogP contribution is -2.34. The number of Topliss-reactive ketones (excluding diaryl/α,β-unsaturated/α-hetero) is 1. The van der Waals surface area contributed by atoms with Crippen molar-refractivity contribution < 1.29 is 23.7 Å². The molecule has 0 amide bonds. The summed E-state index contributed by atoms with van der Waals surface area (Å²) in [6.45, 7) is 3.67. The number of hydrogen-bond acceptors (Lipinski definition) is 6. The number of rotatable bonds is 6. The first-order valence-electron chi connectivity index (χ1n) is 11.5. The summed E-state index contributed by atoms with van der Waals surface area (Å²) in [5.74, 6) is 2.61. The van der Waals surface area contributed by atoms with Crippen LogP contribution in [0.5, 0.6) is 23.0 Å². The highest BCUT2D eigenvalue weighted by molar-refractivity contribution is 6.35. The van der Waals surface area contributed by atoms with Crippen molar-refractivity contribution in [1.29, 1.82) is 0 Å². The average molecular weight is 526 g/mol. The van der Waals surface area contributed by atoms with Gasteiger partial charge in [-0.1, -0.05) is 35.3 Å². The zero-order valence-corrected chi connectivity index (χ0v) is 21.7. The number of aryl methyl sites for hydroxylation is 1. The summed E-state index contributed by atoms with van der Waals surface area (Å²) in [4.78, 5) is 15.5. The summed E-state index contributed by atoms with van der Waals surface area (Å²) < 4.78 is 22.9. The van der Waals surface area contributed by atoms with Gasteiger partial charge in [0.1, 0.15) is 18.2 Å². The van der Waals surface area contributed by atoms with Crippen LogP contribution in [-0.2, 0) is 13.0 Å². The number of benzene rings is 3. The van der Waals surface area contributed by atoms with Crippen LogP contribution in [0, 0.1) is 6.92 Å². The largest absolute Gasteiger partial charge is 0.493 e. The van der Waals surface area contributed by atoms with Crippen molar-refractivity contribution in [3.05, 3.63) is 86.1 Å². The Labute approximate surface area is 219 Å². The molecule has 0 N–H and O–H groups in total. The van der Waals surface area contributed by atoms with Gasteiger partial charge in [-0.2, -0.15) is 0 Å². The maximum Gasteiger partial charge on any atom is 0.232 e. The molecule has 3 aromatic rings. The van der Waals surface area contributed by atoms with Crippen LogP contribution in [0.25, 0.3) is 6.08 Å². The van der Waals surface area contributed by atoms with E-state index in [4.69, 9.17) is 42.1 Å². The number of methoxy groups -OCH3 is 2. The van der Waals surface area contributed by atoms with E-state index in [2.05, 4.69) is 4.90 Å². The van der Waals surface area contributed by atoms with E-state index in [9.17, 15) is 4.79 Å². The smallest absolute Gasteiger partial charge is 0.232 e. The molecule has 0 atom stereocenters. The fourth-order valence-corrected chi connectivity index (χ4v) is 5.02. The van der Waals surface area contributed by atoms with Gasteiger partial charge < -0.3 is 18.9 Å². The number of allylic oxidation sites excluding steroid dienone is 1. The van der Waals surface area contributed by atoms with Gasteiger partial charge in [0.05, 0.1) is 25.3 Å². The first-order chi connectivity index (χ1) is 17.4. The molecule has 0 unspecified atom stereocenters. The molecule has 0 bridgehead atoms. The van der Waals surface area contributed by atoms with Gasteiger partial charge >= 0.3 is 0 Å². The predicted octanol–water partition coefficient (Wildman–Crippen LogP) is 6.33. The maximum absolute atomic E-state index is 13.3. The number of carbonyl (C=O) groups excluding carboxylic acids is 1. The van der Waals surface area contributed by atoms with Gasteiger partial charge in [0, 0.05) is 23.1 Å². The zero-order valence-electron chi connectivity index (χ0n) is 20.2. The van der Waals surface area contributed by atoms with E-state index in [0.29, 0.717) is 46.1 Å². The molecule has 2 heterocycles. The molecule has 0 spiro atoms. The van der Waals surface area contributed by atoms with Crippen LogP contribution in [0.2, 0.25) is 10.0 Å². The predicted molar refractivity (Wildman–Crippen MR) is 140 cm³/mol. The summed E-state index contributed by atoms with van der Waals surface area (Å²) in [5, 5.41) is 1.26. The second-order valence-electron chi connectivity index (χ2n) is 8.74. The van der Waals surface area contributed by atoms with Crippen LogP contribution < -0.4 is 18.9 Å². The monoisotopic (exact) mass is 525 g/mol. The minimum absolute atomic E-state index is 0.148. The first-order valence-corrected chi connectivity index (χ1v) is 12.3. The molecule has 0 aliphatic carbocycles. The number of halogens is 2. The quantitative estimate of drug-likeness (QED) is 0.350. The number of hydrogen-bond donors (Lipinski definition) is 0. The van der Waals surface area contributed by atoms with Crippen molar-refractivity contribution in [2.45, 2.75) is 19.9 Å². The van der Waals surface area contributed by atoms with E-state index >= 15 is 0 Å². The van der Waals surface area contributed by atoms with E-state index in [1.807, 2.05) is 31.2 Å².